The van der Waals surface area contributed by atoms with E-state index >= 15 is 0 Å². The highest BCUT2D eigenvalue weighted by atomic mass is 16.5. The van der Waals surface area contributed by atoms with Gasteiger partial charge in [0.15, 0.2) is 0 Å². The third-order valence-electron chi connectivity index (χ3n) is 4.06. The van der Waals surface area contributed by atoms with Gasteiger partial charge in [0.1, 0.15) is 23.0 Å². The minimum Gasteiger partial charge on any atom is -0.496 e. The van der Waals surface area contributed by atoms with Gasteiger partial charge in [-0.1, -0.05) is 29.8 Å². The van der Waals surface area contributed by atoms with E-state index in [1.165, 1.54) is 0 Å². The van der Waals surface area contributed by atoms with Gasteiger partial charge in [0.25, 0.3) is 5.91 Å². The Bertz CT molecular complexity index is 881. The molecule has 0 bridgehead atoms. The van der Waals surface area contributed by atoms with Crippen molar-refractivity contribution in [2.24, 2.45) is 4.99 Å². The maximum atomic E-state index is 12.3. The van der Waals surface area contributed by atoms with Crippen molar-refractivity contribution in [3.63, 3.8) is 0 Å². The maximum absolute atomic E-state index is 12.3. The lowest BCUT2D eigenvalue weighted by Gasteiger charge is -2.10. The highest BCUT2D eigenvalue weighted by molar-refractivity contribution is 6.19. The Morgan fingerprint density at radius 3 is 2.32 bits per heavy atom. The van der Waals surface area contributed by atoms with Crippen molar-refractivity contribution in [2.45, 2.75) is 13.8 Å². The second kappa shape index (κ2) is 6.81. The van der Waals surface area contributed by atoms with Gasteiger partial charge in [0.05, 0.1) is 14.2 Å². The van der Waals surface area contributed by atoms with Crippen LogP contribution in [0.5, 0.6) is 11.5 Å². The van der Waals surface area contributed by atoms with Crippen molar-refractivity contribution in [2.75, 3.05) is 14.2 Å². The van der Waals surface area contributed by atoms with E-state index in [4.69, 9.17) is 9.47 Å². The summed E-state index contributed by atoms with van der Waals surface area (Å²) in [7, 11) is 3.21. The Kier molecular flexibility index (Phi) is 4.57. The highest BCUT2D eigenvalue weighted by Crippen LogP contribution is 2.30. The summed E-state index contributed by atoms with van der Waals surface area (Å²) in [6.45, 7) is 3.95. The number of ether oxygens (including phenoxy) is 2. The number of aliphatic imine (C=N–C) groups is 1. The van der Waals surface area contributed by atoms with Crippen LogP contribution in [0.15, 0.2) is 47.1 Å². The van der Waals surface area contributed by atoms with Gasteiger partial charge in [0, 0.05) is 11.1 Å². The zero-order valence-electron chi connectivity index (χ0n) is 14.7. The maximum Gasteiger partial charge on any atom is 0.275 e. The fourth-order valence-electron chi connectivity index (χ4n) is 2.65. The first-order valence-corrected chi connectivity index (χ1v) is 7.93. The van der Waals surface area contributed by atoms with Crippen molar-refractivity contribution in [3.05, 3.63) is 64.3 Å². The third-order valence-corrected chi connectivity index (χ3v) is 4.06. The molecular weight excluding hydrogens is 316 g/mol. The molecule has 0 saturated heterocycles. The summed E-state index contributed by atoms with van der Waals surface area (Å²) >= 11 is 0. The number of carbonyl (C=O) groups is 1. The first-order valence-electron chi connectivity index (χ1n) is 7.93. The Morgan fingerprint density at radius 1 is 1.00 bits per heavy atom. The number of nitrogens with one attached hydrogen (secondary N) is 1. The smallest absolute Gasteiger partial charge is 0.275 e. The largest absolute Gasteiger partial charge is 0.496 e. The van der Waals surface area contributed by atoms with Crippen molar-refractivity contribution < 1.29 is 14.3 Å². The molecule has 2 aromatic carbocycles. The lowest BCUT2D eigenvalue weighted by Crippen LogP contribution is -2.24. The molecule has 2 aromatic rings. The third kappa shape index (κ3) is 3.40. The zero-order chi connectivity index (χ0) is 18.0. The minimum atomic E-state index is -0.239. The molecule has 25 heavy (non-hydrogen) atoms. The van der Waals surface area contributed by atoms with E-state index in [0.29, 0.717) is 17.3 Å². The van der Waals surface area contributed by atoms with Gasteiger partial charge >= 0.3 is 0 Å². The molecule has 1 heterocycles. The van der Waals surface area contributed by atoms with E-state index in [1.54, 1.807) is 20.3 Å². The molecule has 0 aromatic heterocycles. The molecule has 0 radical (unpaired) electrons. The monoisotopic (exact) mass is 336 g/mol. The highest BCUT2D eigenvalue weighted by Gasteiger charge is 2.22. The lowest BCUT2D eigenvalue weighted by molar-refractivity contribution is -0.115. The average molecular weight is 336 g/mol. The Morgan fingerprint density at radius 2 is 1.68 bits per heavy atom. The number of benzene rings is 2. The van der Waals surface area contributed by atoms with Crippen LogP contribution >= 0.6 is 0 Å². The van der Waals surface area contributed by atoms with Gasteiger partial charge < -0.3 is 14.8 Å². The molecule has 0 atom stereocenters. The normalized spacial score (nSPS) is 15.1. The van der Waals surface area contributed by atoms with Gasteiger partial charge in [-0.25, -0.2) is 4.99 Å². The standard InChI is InChI=1S/C20H20N2O3/c1-12-5-7-14(8-6-12)19-21-16(20(23)22-19)10-15-11-17(24-3)13(2)9-18(15)25-4/h5-11H,1-4H3,(H,21,22,23)/b16-10+. The second-order valence-electron chi connectivity index (χ2n) is 5.87. The topological polar surface area (TPSA) is 59.9 Å². The van der Waals surface area contributed by atoms with Crippen LogP contribution in [-0.2, 0) is 4.79 Å². The quantitative estimate of drug-likeness (QED) is 0.872. The van der Waals surface area contributed by atoms with Crippen LogP contribution in [-0.4, -0.2) is 26.0 Å². The Balaban J connectivity index is 2.01. The van der Waals surface area contributed by atoms with Crippen LogP contribution in [0.2, 0.25) is 0 Å². The van der Waals surface area contributed by atoms with Gasteiger partial charge in [-0.3, -0.25) is 4.79 Å². The molecule has 1 amide bonds. The van der Waals surface area contributed by atoms with E-state index in [9.17, 15) is 4.79 Å². The first-order chi connectivity index (χ1) is 12.0. The van der Waals surface area contributed by atoms with Crippen LogP contribution in [0.3, 0.4) is 0 Å². The van der Waals surface area contributed by atoms with Crippen molar-refractivity contribution in [1.29, 1.82) is 0 Å². The first kappa shape index (κ1) is 16.8. The number of amidine groups is 1. The molecule has 5 heteroatoms. The van der Waals surface area contributed by atoms with E-state index in [1.807, 2.05) is 50.2 Å². The molecular formula is C20H20N2O3. The van der Waals surface area contributed by atoms with Crippen LogP contribution < -0.4 is 14.8 Å². The SMILES string of the molecule is COc1cc(/C=C2/N=C(c3ccc(C)cc3)NC2=O)c(OC)cc1C. The van der Waals surface area contributed by atoms with Gasteiger partial charge in [0.2, 0.25) is 0 Å². The predicted octanol–water partition coefficient (Wildman–Crippen LogP) is 3.24. The van der Waals surface area contributed by atoms with E-state index in [0.717, 1.165) is 28.0 Å². The van der Waals surface area contributed by atoms with E-state index in [2.05, 4.69) is 10.3 Å². The molecule has 0 unspecified atom stereocenters. The summed E-state index contributed by atoms with van der Waals surface area (Å²) in [5.74, 6) is 1.71. The second-order valence-corrected chi connectivity index (χ2v) is 5.87. The van der Waals surface area contributed by atoms with Gasteiger partial charge in [-0.2, -0.15) is 0 Å². The number of hydrogen-bond acceptors (Lipinski definition) is 4. The number of carbonyl (C=O) groups excluding carboxylic acids is 1. The predicted molar refractivity (Wildman–Crippen MR) is 98.1 cm³/mol. The van der Waals surface area contributed by atoms with Gasteiger partial charge in [-0.05, 0) is 37.6 Å². The summed E-state index contributed by atoms with van der Waals surface area (Å²) in [6.07, 6.45) is 1.71. The molecule has 0 fully saturated rings. The van der Waals surface area contributed by atoms with Crippen LogP contribution in [0.25, 0.3) is 6.08 Å². The molecule has 5 nitrogen and oxygen atoms in total. The number of methoxy groups -OCH3 is 2. The summed E-state index contributed by atoms with van der Waals surface area (Å²) in [5.41, 5.74) is 4.06. The Hall–Kier alpha value is -3.08. The van der Waals surface area contributed by atoms with Crippen molar-refractivity contribution in [1.82, 2.24) is 5.32 Å². The summed E-state index contributed by atoms with van der Waals surface area (Å²) in [6, 6.07) is 11.6. The fourth-order valence-corrected chi connectivity index (χ4v) is 2.65. The molecule has 0 aliphatic carbocycles. The minimum absolute atomic E-state index is 0.239. The molecule has 1 aliphatic rings. The summed E-state index contributed by atoms with van der Waals surface area (Å²) < 4.78 is 10.8. The Labute approximate surface area is 147 Å². The van der Waals surface area contributed by atoms with Crippen LogP contribution in [0, 0.1) is 13.8 Å². The summed E-state index contributed by atoms with van der Waals surface area (Å²) in [4.78, 5) is 16.7. The number of amides is 1. The molecule has 1 aliphatic heterocycles. The van der Waals surface area contributed by atoms with E-state index in [-0.39, 0.29) is 5.91 Å². The zero-order valence-corrected chi connectivity index (χ0v) is 14.7. The van der Waals surface area contributed by atoms with Crippen LogP contribution in [0.1, 0.15) is 22.3 Å². The molecule has 3 rings (SSSR count). The lowest BCUT2D eigenvalue weighted by atomic mass is 10.1. The van der Waals surface area contributed by atoms with Gasteiger partial charge in [-0.15, -0.1) is 0 Å². The van der Waals surface area contributed by atoms with Crippen molar-refractivity contribution in [3.8, 4) is 11.5 Å². The van der Waals surface area contributed by atoms with Crippen molar-refractivity contribution >= 4 is 17.8 Å². The molecule has 0 spiro atoms. The number of nitrogens with zero attached hydrogens (tertiary/aromatic N) is 1. The molecule has 0 saturated carbocycles. The van der Waals surface area contributed by atoms with Crippen LogP contribution in [0.4, 0.5) is 0 Å². The van der Waals surface area contributed by atoms with E-state index < -0.39 is 0 Å². The number of hydrogen-bond donors (Lipinski definition) is 1. The number of rotatable bonds is 4. The fraction of sp³-hybridized carbons (Fsp3) is 0.200. The molecule has 128 valence electrons. The average Bonchev–Trinajstić information content (AvgIpc) is 2.97. The number of aryl methyl sites for hydroxylation is 2. The summed E-state index contributed by atoms with van der Waals surface area (Å²) in [5, 5.41) is 2.81. The molecule has 1 N–H and O–H groups in total.